The van der Waals surface area contributed by atoms with E-state index < -0.39 is 0 Å². The molecule has 0 radical (unpaired) electrons. The van der Waals surface area contributed by atoms with Gasteiger partial charge in [-0.2, -0.15) is 0 Å². The Bertz CT molecular complexity index is 2900. The molecule has 1 aliphatic rings. The zero-order valence-corrected chi connectivity index (χ0v) is 30.9. The number of furan rings is 1. The van der Waals surface area contributed by atoms with E-state index in [0.717, 1.165) is 39.0 Å². The number of rotatable bonds is 5. The van der Waals surface area contributed by atoms with E-state index in [-0.39, 0.29) is 5.41 Å². The SMILES string of the molecule is CC(C)c1cccc(N(c2ccc3cc4c(cc3c2)-c2cc3cc(-c5ccc(C(C)(C)C)cc5)ccc3cc2-4)c2ccc3oc4ccccc4c3c2)c1. The van der Waals surface area contributed by atoms with Crippen molar-refractivity contribution in [2.24, 2.45) is 0 Å². The lowest BCUT2D eigenvalue weighted by molar-refractivity contribution is 0.590. The van der Waals surface area contributed by atoms with E-state index in [0.29, 0.717) is 5.92 Å². The van der Waals surface area contributed by atoms with Gasteiger partial charge in [-0.25, -0.2) is 0 Å². The van der Waals surface area contributed by atoms with Crippen molar-refractivity contribution in [3.63, 3.8) is 0 Å². The number of hydrogen-bond donors (Lipinski definition) is 0. The third-order valence-corrected chi connectivity index (χ3v) is 11.3. The van der Waals surface area contributed by atoms with Crippen LogP contribution in [0.25, 0.3) is 76.9 Å². The van der Waals surface area contributed by atoms with Crippen LogP contribution < -0.4 is 4.90 Å². The lowest BCUT2D eigenvalue weighted by Crippen LogP contribution is -2.10. The lowest BCUT2D eigenvalue weighted by atomic mass is 9.77. The van der Waals surface area contributed by atoms with Gasteiger partial charge in [0, 0.05) is 27.8 Å². The molecule has 1 aromatic heterocycles. The molecule has 2 heteroatoms. The van der Waals surface area contributed by atoms with Crippen molar-refractivity contribution in [1.29, 1.82) is 0 Å². The van der Waals surface area contributed by atoms with Gasteiger partial charge in [0.05, 0.1) is 0 Å². The van der Waals surface area contributed by atoms with E-state index in [1.807, 2.05) is 12.1 Å². The molecular weight excluding hydrogens is 643 g/mol. The molecule has 10 rings (SSSR count). The molecule has 0 atom stereocenters. The maximum atomic E-state index is 6.22. The molecule has 256 valence electrons. The second-order valence-corrected chi connectivity index (χ2v) is 16.1. The summed E-state index contributed by atoms with van der Waals surface area (Å²) in [5.74, 6) is 0.425. The van der Waals surface area contributed by atoms with Crippen LogP contribution in [0, 0.1) is 0 Å². The quantitative estimate of drug-likeness (QED) is 0.180. The third kappa shape index (κ3) is 5.24. The fraction of sp³-hybridized carbons (Fsp3) is 0.137. The minimum absolute atomic E-state index is 0.142. The van der Waals surface area contributed by atoms with Gasteiger partial charge in [-0.05, 0) is 156 Å². The van der Waals surface area contributed by atoms with E-state index in [4.69, 9.17) is 4.42 Å². The zero-order chi connectivity index (χ0) is 36.0. The van der Waals surface area contributed by atoms with Gasteiger partial charge in [0.1, 0.15) is 11.2 Å². The minimum Gasteiger partial charge on any atom is -0.456 e. The van der Waals surface area contributed by atoms with E-state index >= 15 is 0 Å². The van der Waals surface area contributed by atoms with Crippen molar-refractivity contribution < 1.29 is 4.42 Å². The standard InChI is InChI=1S/C51H41NO/c1-31(2)33-9-8-10-40(24-33)52(42-21-22-50-48(30-42)43-11-6-7-12-49(43)53-50)41-20-17-36-27-45-44-26-35-14-13-34(32-15-18-39(19-16-32)51(3,4)5)23-37(35)28-46(44)47(45)29-38(36)25-41/h6-31H,1-5H3. The summed E-state index contributed by atoms with van der Waals surface area (Å²) in [7, 11) is 0. The summed E-state index contributed by atoms with van der Waals surface area (Å²) >= 11 is 0. The van der Waals surface area contributed by atoms with Gasteiger partial charge in [-0.3, -0.25) is 0 Å². The Morgan fingerprint density at radius 1 is 0.453 bits per heavy atom. The van der Waals surface area contributed by atoms with Crippen LogP contribution in [0.2, 0.25) is 0 Å². The normalized spacial score (nSPS) is 12.4. The second kappa shape index (κ2) is 11.7. The molecule has 0 spiro atoms. The van der Waals surface area contributed by atoms with Crippen molar-refractivity contribution >= 4 is 60.5 Å². The van der Waals surface area contributed by atoms with Gasteiger partial charge in [-0.1, -0.05) is 107 Å². The number of benzene rings is 8. The first-order chi connectivity index (χ1) is 25.7. The van der Waals surface area contributed by atoms with E-state index in [2.05, 4.69) is 179 Å². The molecule has 0 aliphatic heterocycles. The van der Waals surface area contributed by atoms with Crippen molar-refractivity contribution in [2.75, 3.05) is 4.90 Å². The highest BCUT2D eigenvalue weighted by Gasteiger charge is 2.25. The molecular formula is C51H41NO. The average molecular weight is 684 g/mol. The van der Waals surface area contributed by atoms with Crippen LogP contribution in [0.5, 0.6) is 0 Å². The Morgan fingerprint density at radius 3 is 1.75 bits per heavy atom. The van der Waals surface area contributed by atoms with Crippen molar-refractivity contribution in [3.05, 3.63) is 163 Å². The average Bonchev–Trinajstić information content (AvgIpc) is 3.54. The highest BCUT2D eigenvalue weighted by molar-refractivity contribution is 6.13. The van der Waals surface area contributed by atoms with Gasteiger partial charge in [0.2, 0.25) is 0 Å². The smallest absolute Gasteiger partial charge is 0.135 e. The Balaban J connectivity index is 1.07. The van der Waals surface area contributed by atoms with Crippen molar-refractivity contribution in [2.45, 2.75) is 46.0 Å². The van der Waals surface area contributed by atoms with Gasteiger partial charge >= 0.3 is 0 Å². The van der Waals surface area contributed by atoms with Gasteiger partial charge in [0.15, 0.2) is 0 Å². The van der Waals surface area contributed by atoms with Crippen LogP contribution in [0.15, 0.2) is 156 Å². The van der Waals surface area contributed by atoms with Crippen LogP contribution in [0.4, 0.5) is 17.1 Å². The van der Waals surface area contributed by atoms with E-state index in [1.165, 1.54) is 66.1 Å². The molecule has 9 aromatic rings. The minimum atomic E-state index is 0.142. The predicted octanol–water partition coefficient (Wildman–Crippen LogP) is 15.1. The van der Waals surface area contributed by atoms with E-state index in [9.17, 15) is 0 Å². The van der Waals surface area contributed by atoms with Crippen molar-refractivity contribution in [1.82, 2.24) is 0 Å². The second-order valence-electron chi connectivity index (χ2n) is 16.1. The highest BCUT2D eigenvalue weighted by atomic mass is 16.3. The molecule has 0 bridgehead atoms. The number of anilines is 3. The Labute approximate surface area is 310 Å². The summed E-state index contributed by atoms with van der Waals surface area (Å²) in [5.41, 5.74) is 15.9. The highest BCUT2D eigenvalue weighted by Crippen LogP contribution is 2.51. The zero-order valence-electron chi connectivity index (χ0n) is 30.9. The molecule has 0 saturated carbocycles. The molecule has 0 amide bonds. The maximum Gasteiger partial charge on any atom is 0.135 e. The molecule has 1 heterocycles. The summed E-state index contributed by atoms with van der Waals surface area (Å²) in [5, 5.41) is 7.30. The first-order valence-corrected chi connectivity index (χ1v) is 18.8. The van der Waals surface area contributed by atoms with Crippen LogP contribution in [-0.2, 0) is 5.41 Å². The van der Waals surface area contributed by atoms with Gasteiger partial charge < -0.3 is 9.32 Å². The fourth-order valence-electron chi connectivity index (χ4n) is 8.22. The number of para-hydroxylation sites is 1. The maximum absolute atomic E-state index is 6.22. The first kappa shape index (κ1) is 31.6. The Hall–Kier alpha value is -6.12. The molecule has 0 unspecified atom stereocenters. The molecule has 8 aromatic carbocycles. The van der Waals surface area contributed by atoms with Crippen molar-refractivity contribution in [3.8, 4) is 33.4 Å². The number of nitrogens with zero attached hydrogens (tertiary/aromatic N) is 1. The summed E-state index contributed by atoms with van der Waals surface area (Å²) in [6, 6.07) is 56.2. The van der Waals surface area contributed by atoms with Gasteiger partial charge in [-0.15, -0.1) is 0 Å². The summed E-state index contributed by atoms with van der Waals surface area (Å²) in [4.78, 5) is 2.39. The summed E-state index contributed by atoms with van der Waals surface area (Å²) < 4.78 is 6.22. The van der Waals surface area contributed by atoms with Gasteiger partial charge in [0.25, 0.3) is 0 Å². The molecule has 53 heavy (non-hydrogen) atoms. The topological polar surface area (TPSA) is 16.4 Å². The van der Waals surface area contributed by atoms with Crippen LogP contribution in [-0.4, -0.2) is 0 Å². The number of fused-ring (bicyclic) bond motifs is 9. The Kier molecular flexibility index (Phi) is 6.98. The van der Waals surface area contributed by atoms with Crippen LogP contribution >= 0.6 is 0 Å². The first-order valence-electron chi connectivity index (χ1n) is 18.8. The Morgan fingerprint density at radius 2 is 1.04 bits per heavy atom. The molecule has 0 N–H and O–H groups in total. The lowest BCUT2D eigenvalue weighted by Gasteiger charge is -2.28. The number of hydrogen-bond acceptors (Lipinski definition) is 2. The molecule has 1 aliphatic carbocycles. The molecule has 0 saturated heterocycles. The third-order valence-electron chi connectivity index (χ3n) is 11.3. The summed E-state index contributed by atoms with van der Waals surface area (Å²) in [6.07, 6.45) is 0. The fourth-order valence-corrected chi connectivity index (χ4v) is 8.22. The van der Waals surface area contributed by atoms with Crippen LogP contribution in [0.3, 0.4) is 0 Å². The predicted molar refractivity (Wildman–Crippen MR) is 226 cm³/mol. The summed E-state index contributed by atoms with van der Waals surface area (Å²) in [6.45, 7) is 11.3. The molecule has 0 fully saturated rings. The monoisotopic (exact) mass is 683 g/mol. The van der Waals surface area contributed by atoms with Crippen LogP contribution in [0.1, 0.15) is 51.7 Å². The molecule has 2 nitrogen and oxygen atoms in total. The van der Waals surface area contributed by atoms with E-state index in [1.54, 1.807) is 0 Å². The largest absolute Gasteiger partial charge is 0.456 e.